The number of nitrogens with one attached hydrogen (secondary N) is 1. The van der Waals surface area contributed by atoms with E-state index in [2.05, 4.69) is 37.4 Å². The molecule has 0 unspecified atom stereocenters. The van der Waals surface area contributed by atoms with Gasteiger partial charge in [0.25, 0.3) is 0 Å². The third-order valence-corrected chi connectivity index (χ3v) is 3.86. The fourth-order valence-corrected chi connectivity index (χ4v) is 2.69. The highest BCUT2D eigenvalue weighted by atomic mass is 16.4. The van der Waals surface area contributed by atoms with Gasteiger partial charge in [0, 0.05) is 24.1 Å². The highest BCUT2D eigenvalue weighted by Gasteiger charge is 2.27. The Balaban J connectivity index is 0.000000527. The van der Waals surface area contributed by atoms with Crippen molar-refractivity contribution in [3.8, 4) is 0 Å². The van der Waals surface area contributed by atoms with Crippen LogP contribution in [-0.4, -0.2) is 51.1 Å². The second-order valence-corrected chi connectivity index (χ2v) is 6.89. The normalized spacial score (nSPS) is 15.7. The van der Waals surface area contributed by atoms with Crippen LogP contribution < -0.4 is 5.32 Å². The molecule has 1 aliphatic rings. The monoisotopic (exact) mass is 378 g/mol. The third kappa shape index (κ3) is 8.35. The van der Waals surface area contributed by atoms with Crippen LogP contribution in [0.1, 0.15) is 50.7 Å². The number of amidine groups is 1. The molecule has 0 radical (unpaired) electrons. The van der Waals surface area contributed by atoms with E-state index >= 15 is 0 Å². The summed E-state index contributed by atoms with van der Waals surface area (Å²) in [7, 11) is 0. The Labute approximate surface area is 157 Å². The van der Waals surface area contributed by atoms with Crippen LogP contribution in [0.2, 0.25) is 0 Å². The lowest BCUT2D eigenvalue weighted by molar-refractivity contribution is -0.159. The standard InChI is InChI=1S/C17H24N2O2.C2H2O4/c1-17(2)12-13-8-5-6-9-14(13)16(19-17)18-11-7-3-4-10-15(20)21;3-1(4)2(5)6/h5-6,8-9H,3-4,7,10-12H2,1-2H3,(H,18,19)(H,20,21);(H,3,4)(H,5,6). The van der Waals surface area contributed by atoms with Crippen molar-refractivity contribution in [2.75, 3.05) is 6.54 Å². The average molecular weight is 378 g/mol. The molecule has 0 amide bonds. The van der Waals surface area contributed by atoms with Gasteiger partial charge in [-0.1, -0.05) is 30.7 Å². The molecule has 1 heterocycles. The SMILES string of the molecule is CC1(C)Cc2ccccc2C(=NCCCCCC(=O)O)N1.O=C(O)C(=O)O. The van der Waals surface area contributed by atoms with Gasteiger partial charge in [0.15, 0.2) is 0 Å². The molecule has 0 aromatic heterocycles. The number of hydrogen-bond donors (Lipinski definition) is 4. The molecule has 0 saturated carbocycles. The Kier molecular flexibility index (Phi) is 8.44. The molecule has 1 aromatic rings. The van der Waals surface area contributed by atoms with Crippen LogP contribution in [0.3, 0.4) is 0 Å². The maximum Gasteiger partial charge on any atom is 0.414 e. The number of carboxylic acid groups (broad SMARTS) is 3. The van der Waals surface area contributed by atoms with E-state index in [1.807, 2.05) is 6.07 Å². The molecule has 0 atom stereocenters. The molecule has 1 aliphatic heterocycles. The van der Waals surface area contributed by atoms with Crippen molar-refractivity contribution in [1.82, 2.24) is 5.32 Å². The number of rotatable bonds is 6. The van der Waals surface area contributed by atoms with Crippen LogP contribution in [0, 0.1) is 0 Å². The molecule has 0 bridgehead atoms. The molecule has 0 spiro atoms. The number of fused-ring (bicyclic) bond motifs is 1. The number of unbranched alkanes of at least 4 members (excludes halogenated alkanes) is 2. The summed E-state index contributed by atoms with van der Waals surface area (Å²) in [6.07, 6.45) is 3.83. The van der Waals surface area contributed by atoms with Crippen molar-refractivity contribution in [2.24, 2.45) is 4.99 Å². The minimum atomic E-state index is -1.82. The van der Waals surface area contributed by atoms with Gasteiger partial charge in [0.05, 0.1) is 0 Å². The van der Waals surface area contributed by atoms with E-state index in [9.17, 15) is 4.79 Å². The lowest BCUT2D eigenvalue weighted by Crippen LogP contribution is -2.49. The van der Waals surface area contributed by atoms with Crippen molar-refractivity contribution in [1.29, 1.82) is 0 Å². The summed E-state index contributed by atoms with van der Waals surface area (Å²) in [5, 5.41) is 26.9. The first kappa shape index (κ1) is 22.1. The minimum Gasteiger partial charge on any atom is -0.481 e. The molecular weight excluding hydrogens is 352 g/mol. The van der Waals surface area contributed by atoms with Gasteiger partial charge in [0.2, 0.25) is 0 Å². The molecular formula is C19H26N2O6. The predicted octanol–water partition coefficient (Wildman–Crippen LogP) is 2.16. The second kappa shape index (κ2) is 10.3. The topological polar surface area (TPSA) is 136 Å². The van der Waals surface area contributed by atoms with E-state index < -0.39 is 17.9 Å². The Morgan fingerprint density at radius 2 is 1.67 bits per heavy atom. The Morgan fingerprint density at radius 3 is 2.26 bits per heavy atom. The number of aliphatic carboxylic acids is 3. The maximum absolute atomic E-state index is 10.5. The average Bonchev–Trinajstić information content (AvgIpc) is 2.57. The molecule has 4 N–H and O–H groups in total. The largest absolute Gasteiger partial charge is 0.481 e. The van der Waals surface area contributed by atoms with Gasteiger partial charge in [-0.25, -0.2) is 9.59 Å². The molecule has 8 heteroatoms. The number of aliphatic imine (C=N–C) groups is 1. The fourth-order valence-electron chi connectivity index (χ4n) is 2.69. The second-order valence-electron chi connectivity index (χ2n) is 6.89. The lowest BCUT2D eigenvalue weighted by Gasteiger charge is -2.34. The number of nitrogens with zero attached hydrogens (tertiary/aromatic N) is 1. The van der Waals surface area contributed by atoms with Gasteiger partial charge in [-0.15, -0.1) is 0 Å². The zero-order valence-corrected chi connectivity index (χ0v) is 15.6. The highest BCUT2D eigenvalue weighted by Crippen LogP contribution is 2.23. The van der Waals surface area contributed by atoms with E-state index in [1.165, 1.54) is 11.1 Å². The van der Waals surface area contributed by atoms with Crippen LogP contribution in [0.4, 0.5) is 0 Å². The summed E-state index contributed by atoms with van der Waals surface area (Å²) in [6.45, 7) is 5.11. The van der Waals surface area contributed by atoms with Crippen LogP contribution in [0.5, 0.6) is 0 Å². The van der Waals surface area contributed by atoms with Gasteiger partial charge >= 0.3 is 17.9 Å². The fraction of sp³-hybridized carbons (Fsp3) is 0.474. The molecule has 8 nitrogen and oxygen atoms in total. The van der Waals surface area contributed by atoms with Crippen LogP contribution >= 0.6 is 0 Å². The number of carboxylic acids is 3. The number of hydrogen-bond acceptors (Lipinski definition) is 4. The number of carbonyl (C=O) groups is 3. The zero-order chi connectivity index (χ0) is 20.4. The van der Waals surface area contributed by atoms with Crippen molar-refractivity contribution in [3.05, 3.63) is 35.4 Å². The van der Waals surface area contributed by atoms with E-state index in [0.717, 1.165) is 38.1 Å². The molecule has 0 aliphatic carbocycles. The van der Waals surface area contributed by atoms with Gasteiger partial charge in [-0.3, -0.25) is 9.79 Å². The molecule has 1 aromatic carbocycles. The summed E-state index contributed by atoms with van der Waals surface area (Å²) in [5.41, 5.74) is 2.56. The lowest BCUT2D eigenvalue weighted by atomic mass is 9.87. The Hall–Kier alpha value is -2.90. The third-order valence-electron chi connectivity index (χ3n) is 3.86. The van der Waals surface area contributed by atoms with Crippen LogP contribution in [0.25, 0.3) is 0 Å². The van der Waals surface area contributed by atoms with E-state index in [1.54, 1.807) is 0 Å². The van der Waals surface area contributed by atoms with Crippen molar-refractivity contribution in [2.45, 2.75) is 51.5 Å². The van der Waals surface area contributed by atoms with Crippen molar-refractivity contribution in [3.63, 3.8) is 0 Å². The smallest absolute Gasteiger partial charge is 0.414 e. The first-order chi connectivity index (χ1) is 12.6. The van der Waals surface area contributed by atoms with E-state index in [-0.39, 0.29) is 12.0 Å². The van der Waals surface area contributed by atoms with Gasteiger partial charge < -0.3 is 20.6 Å². The maximum atomic E-state index is 10.5. The summed E-state index contributed by atoms with van der Waals surface area (Å²) >= 11 is 0. The number of benzene rings is 1. The minimum absolute atomic E-state index is 0.0243. The molecule has 27 heavy (non-hydrogen) atoms. The molecule has 0 saturated heterocycles. The summed E-state index contributed by atoms with van der Waals surface area (Å²) in [6, 6.07) is 8.39. The zero-order valence-electron chi connectivity index (χ0n) is 15.6. The Bertz CT molecular complexity index is 700. The van der Waals surface area contributed by atoms with Crippen molar-refractivity contribution < 1.29 is 29.7 Å². The van der Waals surface area contributed by atoms with E-state index in [0.29, 0.717) is 0 Å². The Morgan fingerprint density at radius 1 is 1.04 bits per heavy atom. The molecule has 2 rings (SSSR count). The first-order valence-corrected chi connectivity index (χ1v) is 8.71. The van der Waals surface area contributed by atoms with E-state index in [4.69, 9.17) is 29.9 Å². The highest BCUT2D eigenvalue weighted by molar-refractivity contribution is 6.27. The predicted molar refractivity (Wildman–Crippen MR) is 100 cm³/mol. The van der Waals surface area contributed by atoms with Gasteiger partial charge in [0.1, 0.15) is 5.84 Å². The van der Waals surface area contributed by atoms with Crippen LogP contribution in [0.15, 0.2) is 29.3 Å². The summed E-state index contributed by atoms with van der Waals surface area (Å²) in [4.78, 5) is 33.3. The quantitative estimate of drug-likeness (QED) is 0.440. The van der Waals surface area contributed by atoms with Crippen LogP contribution in [-0.2, 0) is 20.8 Å². The first-order valence-electron chi connectivity index (χ1n) is 8.71. The van der Waals surface area contributed by atoms with Gasteiger partial charge in [-0.2, -0.15) is 0 Å². The molecule has 0 fully saturated rings. The summed E-state index contributed by atoms with van der Waals surface area (Å²) < 4.78 is 0. The molecule has 148 valence electrons. The summed E-state index contributed by atoms with van der Waals surface area (Å²) in [5.74, 6) is -3.39. The van der Waals surface area contributed by atoms with Crippen molar-refractivity contribution >= 4 is 23.7 Å². The van der Waals surface area contributed by atoms with Gasteiger partial charge in [-0.05, 0) is 38.7 Å².